The topological polar surface area (TPSA) is 90.4 Å². The summed E-state index contributed by atoms with van der Waals surface area (Å²) in [6.07, 6.45) is 6.58. The molecule has 0 aliphatic rings. The van der Waals surface area contributed by atoms with Crippen molar-refractivity contribution in [3.05, 3.63) is 96.0 Å². The van der Waals surface area contributed by atoms with Gasteiger partial charge < -0.3 is 14.5 Å². The van der Waals surface area contributed by atoms with Crippen molar-refractivity contribution >= 4 is 11.5 Å². The van der Waals surface area contributed by atoms with Gasteiger partial charge in [0.05, 0.1) is 12.4 Å². The third-order valence-electron chi connectivity index (χ3n) is 4.88. The molecule has 0 saturated carbocycles. The van der Waals surface area contributed by atoms with Crippen LogP contribution in [-0.2, 0) is 16.1 Å². The molecule has 0 fully saturated rings. The van der Waals surface area contributed by atoms with Crippen LogP contribution in [0.1, 0.15) is 36.4 Å². The standard InChI is InChI=1S/C23H24FN3O3/c24-19-11-9-17(10-12-19)15-20(27-14-13-26-16-27)23(18-5-2-1-3-6-18)21(30-25)7-4-8-22(28)29/h1-3,5-6,9-14,16,20H,4,7-8,15,25H2,(H,28,29)/b23-21+. The highest BCUT2D eigenvalue weighted by Crippen LogP contribution is 2.35. The molecule has 2 aromatic carbocycles. The van der Waals surface area contributed by atoms with Gasteiger partial charge in [-0.25, -0.2) is 9.37 Å². The molecule has 6 nitrogen and oxygen atoms in total. The first-order chi connectivity index (χ1) is 14.6. The van der Waals surface area contributed by atoms with E-state index in [0.29, 0.717) is 25.0 Å². The zero-order valence-corrected chi connectivity index (χ0v) is 16.4. The number of benzene rings is 2. The first-order valence-corrected chi connectivity index (χ1v) is 9.67. The minimum Gasteiger partial charge on any atom is -0.481 e. The molecule has 156 valence electrons. The number of carbonyl (C=O) groups is 1. The molecule has 1 aromatic heterocycles. The van der Waals surface area contributed by atoms with Gasteiger partial charge in [-0.1, -0.05) is 42.5 Å². The molecule has 1 unspecified atom stereocenters. The Morgan fingerprint density at radius 2 is 1.87 bits per heavy atom. The molecule has 3 aromatic rings. The number of rotatable bonds is 10. The maximum atomic E-state index is 13.4. The van der Waals surface area contributed by atoms with Gasteiger partial charge in [0, 0.05) is 30.8 Å². The van der Waals surface area contributed by atoms with Gasteiger partial charge in [0.15, 0.2) is 0 Å². The van der Waals surface area contributed by atoms with Crippen LogP contribution in [0.5, 0.6) is 0 Å². The number of hydrogen-bond acceptors (Lipinski definition) is 4. The Morgan fingerprint density at radius 3 is 2.47 bits per heavy atom. The summed E-state index contributed by atoms with van der Waals surface area (Å²) in [7, 11) is 0. The molecule has 1 atom stereocenters. The van der Waals surface area contributed by atoms with Gasteiger partial charge in [0.1, 0.15) is 11.6 Å². The van der Waals surface area contributed by atoms with Crippen LogP contribution in [-0.4, -0.2) is 20.6 Å². The van der Waals surface area contributed by atoms with E-state index in [1.807, 2.05) is 41.1 Å². The van der Waals surface area contributed by atoms with Crippen molar-refractivity contribution in [1.82, 2.24) is 9.55 Å². The van der Waals surface area contributed by atoms with E-state index in [0.717, 1.165) is 16.7 Å². The molecule has 0 amide bonds. The third-order valence-corrected chi connectivity index (χ3v) is 4.88. The SMILES string of the molecule is NO/C(CCCC(=O)O)=C(\c1ccccc1)C(Cc1ccc(F)cc1)n1ccnc1. The van der Waals surface area contributed by atoms with Crippen LogP contribution in [0.3, 0.4) is 0 Å². The van der Waals surface area contributed by atoms with E-state index in [2.05, 4.69) is 4.98 Å². The number of allylic oxidation sites excluding steroid dienone is 2. The molecule has 0 aliphatic carbocycles. The van der Waals surface area contributed by atoms with Crippen molar-refractivity contribution in [2.75, 3.05) is 0 Å². The Labute approximate surface area is 174 Å². The number of nitrogens with zero attached hydrogens (tertiary/aromatic N) is 2. The number of nitrogens with two attached hydrogens (primary N) is 1. The molecule has 0 aliphatic heterocycles. The zero-order chi connectivity index (χ0) is 21.3. The Kier molecular flexibility index (Phi) is 7.34. The van der Waals surface area contributed by atoms with Crippen molar-refractivity contribution in [2.24, 2.45) is 5.90 Å². The molecule has 0 spiro atoms. The van der Waals surface area contributed by atoms with E-state index in [1.54, 1.807) is 24.7 Å². The Bertz CT molecular complexity index is 971. The predicted octanol–water partition coefficient (Wildman–Crippen LogP) is 4.36. The average molecular weight is 409 g/mol. The van der Waals surface area contributed by atoms with E-state index in [4.69, 9.17) is 15.8 Å². The Balaban J connectivity index is 2.07. The molecule has 0 radical (unpaired) electrons. The highest BCUT2D eigenvalue weighted by atomic mass is 19.1. The monoisotopic (exact) mass is 409 g/mol. The summed E-state index contributed by atoms with van der Waals surface area (Å²) in [5.74, 6) is 5.00. The lowest BCUT2D eigenvalue weighted by Gasteiger charge is -2.25. The lowest BCUT2D eigenvalue weighted by atomic mass is 9.90. The lowest BCUT2D eigenvalue weighted by molar-refractivity contribution is -0.137. The molecular weight excluding hydrogens is 385 g/mol. The van der Waals surface area contributed by atoms with Gasteiger partial charge in [0.25, 0.3) is 0 Å². The summed E-state index contributed by atoms with van der Waals surface area (Å²) in [6, 6.07) is 15.8. The minimum absolute atomic E-state index is 0.0165. The van der Waals surface area contributed by atoms with Gasteiger partial charge >= 0.3 is 5.97 Å². The van der Waals surface area contributed by atoms with Crippen molar-refractivity contribution in [2.45, 2.75) is 31.7 Å². The van der Waals surface area contributed by atoms with E-state index < -0.39 is 5.97 Å². The molecule has 1 heterocycles. The van der Waals surface area contributed by atoms with Crippen molar-refractivity contribution in [1.29, 1.82) is 0 Å². The van der Waals surface area contributed by atoms with E-state index in [-0.39, 0.29) is 18.3 Å². The van der Waals surface area contributed by atoms with E-state index in [9.17, 15) is 9.18 Å². The van der Waals surface area contributed by atoms with Gasteiger partial charge in [0.2, 0.25) is 0 Å². The number of hydrogen-bond donors (Lipinski definition) is 2. The predicted molar refractivity (Wildman–Crippen MR) is 111 cm³/mol. The second kappa shape index (κ2) is 10.4. The number of aliphatic carboxylic acids is 1. The van der Waals surface area contributed by atoms with Crippen LogP contribution in [0.15, 0.2) is 79.1 Å². The number of imidazole rings is 1. The van der Waals surface area contributed by atoms with Crippen LogP contribution in [0, 0.1) is 5.82 Å². The second-order valence-electron chi connectivity index (χ2n) is 6.92. The van der Waals surface area contributed by atoms with Crippen LogP contribution in [0.4, 0.5) is 4.39 Å². The molecule has 0 saturated heterocycles. The fraction of sp³-hybridized carbons (Fsp3) is 0.217. The lowest BCUT2D eigenvalue weighted by Crippen LogP contribution is -2.17. The number of aromatic nitrogens is 2. The van der Waals surface area contributed by atoms with Crippen LogP contribution in [0.25, 0.3) is 5.57 Å². The first kappa shape index (κ1) is 21.3. The maximum Gasteiger partial charge on any atom is 0.303 e. The third kappa shape index (κ3) is 5.55. The fourth-order valence-corrected chi connectivity index (χ4v) is 3.47. The van der Waals surface area contributed by atoms with Crippen molar-refractivity contribution in [3.8, 4) is 0 Å². The van der Waals surface area contributed by atoms with Gasteiger partial charge in [-0.2, -0.15) is 5.90 Å². The molecule has 3 N–H and O–H groups in total. The van der Waals surface area contributed by atoms with Gasteiger partial charge in [-0.3, -0.25) is 4.79 Å². The summed E-state index contributed by atoms with van der Waals surface area (Å²) in [5, 5.41) is 9.00. The summed E-state index contributed by atoms with van der Waals surface area (Å²) in [4.78, 5) is 20.4. The highest BCUT2D eigenvalue weighted by Gasteiger charge is 2.24. The summed E-state index contributed by atoms with van der Waals surface area (Å²) in [5.41, 5.74) is 2.69. The molecular formula is C23H24FN3O3. The average Bonchev–Trinajstić information content (AvgIpc) is 3.28. The smallest absolute Gasteiger partial charge is 0.303 e. The second-order valence-corrected chi connectivity index (χ2v) is 6.92. The minimum atomic E-state index is -0.870. The Hall–Kier alpha value is -3.45. The van der Waals surface area contributed by atoms with Gasteiger partial charge in [-0.15, -0.1) is 0 Å². The number of carboxylic acids is 1. The molecule has 0 bridgehead atoms. The first-order valence-electron chi connectivity index (χ1n) is 9.67. The Morgan fingerprint density at radius 1 is 1.13 bits per heavy atom. The van der Waals surface area contributed by atoms with Crippen LogP contribution >= 0.6 is 0 Å². The number of halogens is 1. The van der Waals surface area contributed by atoms with Crippen LogP contribution < -0.4 is 5.90 Å². The van der Waals surface area contributed by atoms with Gasteiger partial charge in [-0.05, 0) is 36.1 Å². The fourth-order valence-electron chi connectivity index (χ4n) is 3.47. The van der Waals surface area contributed by atoms with Crippen molar-refractivity contribution < 1.29 is 19.1 Å². The quantitative estimate of drug-likeness (QED) is 0.383. The van der Waals surface area contributed by atoms with E-state index >= 15 is 0 Å². The summed E-state index contributed by atoms with van der Waals surface area (Å²) in [6.45, 7) is 0. The van der Waals surface area contributed by atoms with E-state index in [1.165, 1.54) is 12.1 Å². The highest BCUT2D eigenvalue weighted by molar-refractivity contribution is 5.71. The summed E-state index contributed by atoms with van der Waals surface area (Å²) < 4.78 is 15.3. The van der Waals surface area contributed by atoms with Crippen molar-refractivity contribution in [3.63, 3.8) is 0 Å². The molecule has 3 rings (SSSR count). The van der Waals surface area contributed by atoms with Crippen LogP contribution in [0.2, 0.25) is 0 Å². The zero-order valence-electron chi connectivity index (χ0n) is 16.4. The molecule has 30 heavy (non-hydrogen) atoms. The normalized spacial score (nSPS) is 12.9. The number of carboxylic acid groups (broad SMARTS) is 1. The largest absolute Gasteiger partial charge is 0.481 e. The molecule has 7 heteroatoms. The maximum absolute atomic E-state index is 13.4. The summed E-state index contributed by atoms with van der Waals surface area (Å²) >= 11 is 0.